The molecule has 0 unspecified atom stereocenters. The number of nitrogen functional groups attached to an aromatic ring is 1. The quantitative estimate of drug-likeness (QED) is 0.576. The predicted octanol–water partition coefficient (Wildman–Crippen LogP) is 2.34. The van der Waals surface area contributed by atoms with Gasteiger partial charge < -0.3 is 16.4 Å². The lowest BCUT2D eigenvalue weighted by Gasteiger charge is -2.14. The third-order valence-electron chi connectivity index (χ3n) is 3.76. The van der Waals surface area contributed by atoms with E-state index in [1.165, 1.54) is 6.07 Å². The lowest BCUT2D eigenvalue weighted by molar-refractivity contribution is 0.0656. The molecule has 25 heavy (non-hydrogen) atoms. The Balaban J connectivity index is 1.53. The zero-order valence-electron chi connectivity index (χ0n) is 13.1. The van der Waals surface area contributed by atoms with Crippen LogP contribution in [0.2, 0.25) is 5.02 Å². The molecule has 0 saturated heterocycles. The minimum Gasteiger partial charge on any atom is -0.398 e. The first-order chi connectivity index (χ1) is 12.0. The van der Waals surface area contributed by atoms with Crippen molar-refractivity contribution in [3.05, 3.63) is 58.6 Å². The summed E-state index contributed by atoms with van der Waals surface area (Å²) in [5.41, 5.74) is 7.27. The lowest BCUT2D eigenvalue weighted by atomic mass is 10.1. The average molecular weight is 359 g/mol. The summed E-state index contributed by atoms with van der Waals surface area (Å²) in [4.78, 5) is 37.4. The van der Waals surface area contributed by atoms with E-state index >= 15 is 0 Å². The second-order valence-electron chi connectivity index (χ2n) is 5.42. The van der Waals surface area contributed by atoms with E-state index in [2.05, 4.69) is 10.6 Å². The molecule has 4 N–H and O–H groups in total. The fourth-order valence-electron chi connectivity index (χ4n) is 2.50. The smallest absolute Gasteiger partial charge is 0.319 e. The van der Waals surface area contributed by atoms with Gasteiger partial charge in [0.1, 0.15) is 0 Å². The summed E-state index contributed by atoms with van der Waals surface area (Å²) >= 11 is 5.89. The van der Waals surface area contributed by atoms with E-state index in [0.29, 0.717) is 27.5 Å². The van der Waals surface area contributed by atoms with Gasteiger partial charge in [-0.3, -0.25) is 14.5 Å². The Kier molecular flexibility index (Phi) is 4.58. The third kappa shape index (κ3) is 3.41. The summed E-state index contributed by atoms with van der Waals surface area (Å²) in [7, 11) is 0. The molecule has 0 saturated carbocycles. The fourth-order valence-corrected chi connectivity index (χ4v) is 2.68. The molecule has 3 rings (SSSR count). The fraction of sp³-hybridized carbons (Fsp3) is 0.118. The molecule has 0 spiro atoms. The van der Waals surface area contributed by atoms with Gasteiger partial charge in [-0.1, -0.05) is 23.7 Å². The van der Waals surface area contributed by atoms with Gasteiger partial charge in [0, 0.05) is 18.8 Å². The maximum absolute atomic E-state index is 12.2. The minimum absolute atomic E-state index is 0.0856. The van der Waals surface area contributed by atoms with E-state index in [0.717, 1.165) is 4.90 Å². The van der Waals surface area contributed by atoms with E-state index < -0.39 is 6.03 Å². The van der Waals surface area contributed by atoms with Crippen LogP contribution in [0.25, 0.3) is 0 Å². The monoisotopic (exact) mass is 358 g/mol. The van der Waals surface area contributed by atoms with Gasteiger partial charge in [-0.2, -0.15) is 0 Å². The number of nitrogens with one attached hydrogen (secondary N) is 2. The summed E-state index contributed by atoms with van der Waals surface area (Å²) in [6.07, 6.45) is 0. The zero-order valence-corrected chi connectivity index (χ0v) is 13.8. The van der Waals surface area contributed by atoms with Gasteiger partial charge in [-0.25, -0.2) is 4.79 Å². The molecule has 0 bridgehead atoms. The second-order valence-corrected chi connectivity index (χ2v) is 5.83. The van der Waals surface area contributed by atoms with Crippen molar-refractivity contribution in [2.24, 2.45) is 0 Å². The number of fused-ring (bicyclic) bond motifs is 1. The number of urea groups is 1. The van der Waals surface area contributed by atoms with Crippen LogP contribution in [-0.4, -0.2) is 35.8 Å². The van der Waals surface area contributed by atoms with Crippen LogP contribution in [0.1, 0.15) is 20.7 Å². The van der Waals surface area contributed by atoms with Crippen LogP contribution in [0.4, 0.5) is 16.2 Å². The van der Waals surface area contributed by atoms with Gasteiger partial charge in [-0.15, -0.1) is 0 Å². The van der Waals surface area contributed by atoms with Crippen LogP contribution in [0.15, 0.2) is 42.5 Å². The molecule has 7 nitrogen and oxygen atoms in total. The highest BCUT2D eigenvalue weighted by molar-refractivity contribution is 6.33. The summed E-state index contributed by atoms with van der Waals surface area (Å²) in [6.45, 7) is 0.211. The van der Waals surface area contributed by atoms with Crippen LogP contribution in [0.5, 0.6) is 0 Å². The molecule has 0 aliphatic carbocycles. The first-order valence-electron chi connectivity index (χ1n) is 7.52. The van der Waals surface area contributed by atoms with Gasteiger partial charge in [0.25, 0.3) is 11.8 Å². The van der Waals surface area contributed by atoms with Crippen molar-refractivity contribution in [3.8, 4) is 0 Å². The number of nitrogens with zero attached hydrogens (tertiary/aromatic N) is 1. The van der Waals surface area contributed by atoms with E-state index in [1.807, 2.05) is 0 Å². The number of carbonyl (C=O) groups is 3. The van der Waals surface area contributed by atoms with Crippen molar-refractivity contribution < 1.29 is 14.4 Å². The van der Waals surface area contributed by atoms with Crippen molar-refractivity contribution in [1.82, 2.24) is 10.2 Å². The van der Waals surface area contributed by atoms with Crippen molar-refractivity contribution in [2.45, 2.75) is 0 Å². The third-order valence-corrected chi connectivity index (χ3v) is 4.08. The first kappa shape index (κ1) is 16.8. The average Bonchev–Trinajstić information content (AvgIpc) is 2.83. The van der Waals surface area contributed by atoms with Crippen LogP contribution >= 0.6 is 11.6 Å². The Morgan fingerprint density at radius 1 is 1.08 bits per heavy atom. The molecule has 0 radical (unpaired) electrons. The van der Waals surface area contributed by atoms with Crippen molar-refractivity contribution >= 4 is 40.8 Å². The van der Waals surface area contributed by atoms with Crippen LogP contribution in [-0.2, 0) is 0 Å². The second kappa shape index (κ2) is 6.82. The highest BCUT2D eigenvalue weighted by Crippen LogP contribution is 2.23. The number of rotatable bonds is 4. The molecule has 8 heteroatoms. The predicted molar refractivity (Wildman–Crippen MR) is 94.7 cm³/mol. The number of halogens is 1. The van der Waals surface area contributed by atoms with Gasteiger partial charge in [-0.05, 0) is 30.3 Å². The van der Waals surface area contributed by atoms with Gasteiger partial charge in [0.05, 0.1) is 21.8 Å². The maximum Gasteiger partial charge on any atom is 0.319 e. The van der Waals surface area contributed by atoms with E-state index in [-0.39, 0.29) is 24.9 Å². The molecule has 4 amide bonds. The Morgan fingerprint density at radius 2 is 1.72 bits per heavy atom. The number of hydrogen-bond donors (Lipinski definition) is 3. The molecule has 128 valence electrons. The van der Waals surface area contributed by atoms with E-state index in [1.54, 1.807) is 36.4 Å². The first-order valence-corrected chi connectivity index (χ1v) is 7.90. The Hall–Kier alpha value is -3.06. The van der Waals surface area contributed by atoms with E-state index in [9.17, 15) is 14.4 Å². The van der Waals surface area contributed by atoms with Crippen LogP contribution < -0.4 is 16.4 Å². The van der Waals surface area contributed by atoms with Gasteiger partial charge in [0.2, 0.25) is 0 Å². The summed E-state index contributed by atoms with van der Waals surface area (Å²) in [5.74, 6) is -0.707. The number of anilines is 2. The molecule has 1 heterocycles. The standard InChI is InChI=1S/C17H15ClN4O3/c18-13-9-10(5-6-14(13)19)21-17(25)20-7-8-22-15(23)11-3-1-2-4-12(11)16(22)24/h1-6,9H,7-8,19H2,(H2,20,21,25). The van der Waals surface area contributed by atoms with Crippen molar-refractivity contribution in [2.75, 3.05) is 24.1 Å². The van der Waals surface area contributed by atoms with Crippen LogP contribution in [0.3, 0.4) is 0 Å². The maximum atomic E-state index is 12.2. The molecular weight excluding hydrogens is 344 g/mol. The highest BCUT2D eigenvalue weighted by atomic mass is 35.5. The van der Waals surface area contributed by atoms with E-state index in [4.69, 9.17) is 17.3 Å². The van der Waals surface area contributed by atoms with Crippen molar-refractivity contribution in [3.63, 3.8) is 0 Å². The summed E-state index contributed by atoms with van der Waals surface area (Å²) in [6, 6.07) is 10.9. The van der Waals surface area contributed by atoms with Gasteiger partial charge in [0.15, 0.2) is 0 Å². The Morgan fingerprint density at radius 3 is 2.32 bits per heavy atom. The molecule has 2 aromatic carbocycles. The number of benzene rings is 2. The molecule has 2 aromatic rings. The normalized spacial score (nSPS) is 12.9. The van der Waals surface area contributed by atoms with Gasteiger partial charge >= 0.3 is 6.03 Å². The molecule has 0 aromatic heterocycles. The topological polar surface area (TPSA) is 105 Å². The number of nitrogens with two attached hydrogens (primary N) is 1. The van der Waals surface area contributed by atoms with Crippen LogP contribution in [0, 0.1) is 0 Å². The minimum atomic E-state index is -0.475. The Bertz CT molecular complexity index is 834. The summed E-state index contributed by atoms with van der Waals surface area (Å²) in [5, 5.41) is 5.52. The molecular formula is C17H15ClN4O3. The number of carbonyl (C=O) groups excluding carboxylic acids is 3. The lowest BCUT2D eigenvalue weighted by Crippen LogP contribution is -2.39. The SMILES string of the molecule is Nc1ccc(NC(=O)NCCN2C(=O)c3ccccc3C2=O)cc1Cl. The summed E-state index contributed by atoms with van der Waals surface area (Å²) < 4.78 is 0. The van der Waals surface area contributed by atoms with Crippen molar-refractivity contribution in [1.29, 1.82) is 0 Å². The Labute approximate surface area is 148 Å². The zero-order chi connectivity index (χ0) is 18.0. The molecule has 1 aliphatic rings. The number of hydrogen-bond acceptors (Lipinski definition) is 4. The molecule has 0 fully saturated rings. The molecule has 0 atom stereocenters. The highest BCUT2D eigenvalue weighted by Gasteiger charge is 2.34. The molecule has 1 aliphatic heterocycles. The number of imide groups is 1. The number of amides is 4. The largest absolute Gasteiger partial charge is 0.398 e.